The Morgan fingerprint density at radius 3 is 2.53 bits per heavy atom. The maximum Gasteiger partial charge on any atom is 0.145 e. The number of rotatable bonds is 9. The molecule has 0 saturated carbocycles. The van der Waals surface area contributed by atoms with Gasteiger partial charge in [-0.05, 0) is 37.5 Å². The van der Waals surface area contributed by atoms with Crippen LogP contribution in [0.15, 0.2) is 35.1 Å². The Morgan fingerprint density at radius 2 is 1.83 bits per heavy atom. The third-order valence-corrected chi connectivity index (χ3v) is 5.65. The van der Waals surface area contributed by atoms with Crippen molar-refractivity contribution in [2.24, 2.45) is 0 Å². The van der Waals surface area contributed by atoms with Crippen molar-refractivity contribution in [3.05, 3.63) is 63.2 Å². The molecule has 3 heterocycles. The first kappa shape index (κ1) is 22.0. The van der Waals surface area contributed by atoms with Gasteiger partial charge in [-0.25, -0.2) is 4.98 Å². The van der Waals surface area contributed by atoms with Gasteiger partial charge >= 0.3 is 0 Å². The van der Waals surface area contributed by atoms with Crippen LogP contribution in [0, 0.1) is 0 Å². The molecule has 3 aromatic rings. The summed E-state index contributed by atoms with van der Waals surface area (Å²) >= 11 is 1.57. The van der Waals surface area contributed by atoms with Crippen molar-refractivity contribution >= 4 is 22.9 Å². The molecule has 7 heteroatoms. The fourth-order valence-electron chi connectivity index (χ4n) is 3.03. The number of hydrogen-bond donors (Lipinski definition) is 0. The summed E-state index contributed by atoms with van der Waals surface area (Å²) < 4.78 is 5.35. The molecule has 0 saturated heterocycles. The number of carbonyl (C=O) groups excluding carboxylic acids is 2. The van der Waals surface area contributed by atoms with Gasteiger partial charge in [-0.3, -0.25) is 14.6 Å². The Hall–Kier alpha value is -2.67. The Morgan fingerprint density at radius 1 is 1.03 bits per heavy atom. The predicted molar refractivity (Wildman–Crippen MR) is 116 cm³/mol. The van der Waals surface area contributed by atoms with Crippen LogP contribution in [0.25, 0.3) is 0 Å². The summed E-state index contributed by atoms with van der Waals surface area (Å²) in [5.41, 5.74) is 2.49. The second-order valence-electron chi connectivity index (χ2n) is 8.58. The lowest BCUT2D eigenvalue weighted by Crippen LogP contribution is -2.09. The summed E-state index contributed by atoms with van der Waals surface area (Å²) in [6, 6.07) is 5.82. The van der Waals surface area contributed by atoms with E-state index in [9.17, 15) is 9.59 Å². The van der Waals surface area contributed by atoms with Gasteiger partial charge in [0.15, 0.2) is 0 Å². The lowest BCUT2D eigenvalue weighted by atomic mass is 9.93. The highest BCUT2D eigenvalue weighted by molar-refractivity contribution is 7.11. The quantitative estimate of drug-likeness (QED) is 0.513. The molecule has 0 N–H and O–H groups in total. The van der Waals surface area contributed by atoms with Crippen molar-refractivity contribution in [1.82, 2.24) is 15.1 Å². The van der Waals surface area contributed by atoms with E-state index < -0.39 is 0 Å². The standard InChI is InChI=1S/C23H27N3O3S/c1-15(27)9-17-10-16(7-8-24-17)5-6-20-14-25-22(30-20)13-19(28)11-18-12-21(29-26-18)23(2,3)4/h7-8,10,12,14H,5-6,9,11,13H2,1-4H3. The Balaban J connectivity index is 1.52. The molecule has 0 aliphatic rings. The number of aryl methyl sites for hydroxylation is 2. The second kappa shape index (κ2) is 9.43. The number of hydrogen-bond acceptors (Lipinski definition) is 7. The molecule has 0 spiro atoms. The van der Waals surface area contributed by atoms with Crippen molar-refractivity contribution < 1.29 is 14.1 Å². The van der Waals surface area contributed by atoms with Crippen LogP contribution in [0.1, 0.15) is 60.3 Å². The SMILES string of the molecule is CC(=O)Cc1cc(CCc2cnc(CC(=O)Cc3cc(C(C)(C)C)on3)s2)ccn1. The number of pyridine rings is 1. The molecule has 0 unspecified atom stereocenters. The molecule has 30 heavy (non-hydrogen) atoms. The first-order chi connectivity index (χ1) is 14.2. The maximum absolute atomic E-state index is 12.4. The van der Waals surface area contributed by atoms with Gasteiger partial charge in [0.2, 0.25) is 0 Å². The lowest BCUT2D eigenvalue weighted by molar-refractivity contribution is -0.118. The van der Waals surface area contributed by atoms with E-state index in [1.54, 1.807) is 24.5 Å². The molecule has 0 fully saturated rings. The highest BCUT2D eigenvalue weighted by Gasteiger charge is 2.20. The summed E-state index contributed by atoms with van der Waals surface area (Å²) in [5, 5.41) is 4.84. The van der Waals surface area contributed by atoms with Crippen LogP contribution in [0.5, 0.6) is 0 Å². The zero-order chi connectivity index (χ0) is 21.7. The van der Waals surface area contributed by atoms with Crippen LogP contribution in [-0.2, 0) is 47.1 Å². The zero-order valence-corrected chi connectivity index (χ0v) is 18.7. The zero-order valence-electron chi connectivity index (χ0n) is 17.9. The third kappa shape index (κ3) is 6.42. The summed E-state index contributed by atoms with van der Waals surface area (Å²) in [4.78, 5) is 33.5. The first-order valence-electron chi connectivity index (χ1n) is 10.0. The topological polar surface area (TPSA) is 86.0 Å². The molecular formula is C23H27N3O3S. The molecule has 0 aliphatic heterocycles. The van der Waals surface area contributed by atoms with Gasteiger partial charge in [0, 0.05) is 40.9 Å². The van der Waals surface area contributed by atoms with Gasteiger partial charge in [0.05, 0.1) is 18.5 Å². The van der Waals surface area contributed by atoms with E-state index in [1.807, 2.05) is 45.2 Å². The van der Waals surface area contributed by atoms with Crippen molar-refractivity contribution in [2.45, 2.75) is 65.2 Å². The molecule has 0 aromatic carbocycles. The van der Waals surface area contributed by atoms with Crippen molar-refractivity contribution in [3.63, 3.8) is 0 Å². The average molecular weight is 426 g/mol. The van der Waals surface area contributed by atoms with Crippen molar-refractivity contribution in [3.8, 4) is 0 Å². The van der Waals surface area contributed by atoms with Gasteiger partial charge in [-0.15, -0.1) is 11.3 Å². The largest absolute Gasteiger partial charge is 0.361 e. The summed E-state index contributed by atoms with van der Waals surface area (Å²) in [6.45, 7) is 7.71. The van der Waals surface area contributed by atoms with Crippen LogP contribution < -0.4 is 0 Å². The number of Topliss-reactive ketones (excluding diaryl/α,β-unsaturated/α-hetero) is 2. The van der Waals surface area contributed by atoms with E-state index >= 15 is 0 Å². The van der Waals surface area contributed by atoms with Gasteiger partial charge in [0.25, 0.3) is 0 Å². The monoisotopic (exact) mass is 425 g/mol. The predicted octanol–water partition coefficient (Wildman–Crippen LogP) is 4.09. The summed E-state index contributed by atoms with van der Waals surface area (Å²) in [7, 11) is 0. The van der Waals surface area contributed by atoms with Crippen LogP contribution in [-0.4, -0.2) is 26.7 Å². The van der Waals surface area contributed by atoms with Gasteiger partial charge in [-0.1, -0.05) is 25.9 Å². The fraction of sp³-hybridized carbons (Fsp3) is 0.435. The Labute approximate surface area is 180 Å². The second-order valence-corrected chi connectivity index (χ2v) is 9.78. The van der Waals surface area contributed by atoms with E-state index in [0.29, 0.717) is 18.5 Å². The van der Waals surface area contributed by atoms with E-state index in [0.717, 1.165) is 39.7 Å². The maximum atomic E-state index is 12.4. The average Bonchev–Trinajstić information content (AvgIpc) is 3.29. The minimum atomic E-state index is -0.125. The minimum absolute atomic E-state index is 0.0765. The normalized spacial score (nSPS) is 11.6. The molecule has 158 valence electrons. The highest BCUT2D eigenvalue weighted by Crippen LogP contribution is 2.23. The highest BCUT2D eigenvalue weighted by atomic mass is 32.1. The van der Waals surface area contributed by atoms with Crippen LogP contribution in [0.2, 0.25) is 0 Å². The van der Waals surface area contributed by atoms with Gasteiger partial charge < -0.3 is 4.52 Å². The number of thiazole rings is 1. The molecule has 0 amide bonds. The van der Waals surface area contributed by atoms with Crippen LogP contribution >= 0.6 is 11.3 Å². The number of ketones is 2. The molecule has 0 radical (unpaired) electrons. The van der Waals surface area contributed by atoms with Crippen molar-refractivity contribution in [2.75, 3.05) is 0 Å². The number of nitrogens with zero attached hydrogens (tertiary/aromatic N) is 3. The van der Waals surface area contributed by atoms with E-state index in [1.165, 1.54) is 0 Å². The number of aromatic nitrogens is 3. The molecule has 6 nitrogen and oxygen atoms in total. The first-order valence-corrected chi connectivity index (χ1v) is 10.9. The smallest absolute Gasteiger partial charge is 0.145 e. The van der Waals surface area contributed by atoms with Crippen LogP contribution in [0.4, 0.5) is 0 Å². The molecular weight excluding hydrogens is 398 g/mol. The molecule has 0 bridgehead atoms. The molecule has 0 atom stereocenters. The number of carbonyl (C=O) groups is 2. The Kier molecular flexibility index (Phi) is 6.92. The van der Waals surface area contributed by atoms with E-state index in [-0.39, 0.29) is 23.4 Å². The molecule has 3 aromatic heterocycles. The van der Waals surface area contributed by atoms with E-state index in [2.05, 4.69) is 15.1 Å². The van der Waals surface area contributed by atoms with Gasteiger partial charge in [0.1, 0.15) is 22.3 Å². The summed E-state index contributed by atoms with van der Waals surface area (Å²) in [6.07, 6.45) is 6.21. The third-order valence-electron chi connectivity index (χ3n) is 4.60. The summed E-state index contributed by atoms with van der Waals surface area (Å²) in [5.74, 6) is 0.966. The molecule has 0 aliphatic carbocycles. The van der Waals surface area contributed by atoms with Crippen molar-refractivity contribution in [1.29, 1.82) is 0 Å². The van der Waals surface area contributed by atoms with Gasteiger partial charge in [-0.2, -0.15) is 0 Å². The Bertz CT molecular complexity index is 1030. The molecule has 3 rings (SSSR count). The van der Waals surface area contributed by atoms with E-state index in [4.69, 9.17) is 4.52 Å². The fourth-order valence-corrected chi connectivity index (χ4v) is 3.98. The lowest BCUT2D eigenvalue weighted by Gasteiger charge is -2.12. The minimum Gasteiger partial charge on any atom is -0.361 e. The van der Waals surface area contributed by atoms with Crippen LogP contribution in [0.3, 0.4) is 0 Å².